The third-order valence-electron chi connectivity index (χ3n) is 2.01. The highest BCUT2D eigenvalue weighted by atomic mass is 79.9. The van der Waals surface area contributed by atoms with Gasteiger partial charge in [0.25, 0.3) is 0 Å². The van der Waals surface area contributed by atoms with Crippen LogP contribution in [0, 0.1) is 0 Å². The first-order chi connectivity index (χ1) is 7.31. The topological polar surface area (TPSA) is 18.5 Å². The van der Waals surface area contributed by atoms with Crippen LogP contribution in [-0.4, -0.2) is 18.5 Å². The largest absolute Gasteiger partial charge is 0.494 e. The molecule has 84 valence electrons. The molecule has 2 nitrogen and oxygen atoms in total. The first-order valence-electron chi connectivity index (χ1n) is 5.26. The van der Waals surface area contributed by atoms with Crippen molar-refractivity contribution in [3.63, 3.8) is 0 Å². The number of hydrogen-bond acceptors (Lipinski definition) is 2. The van der Waals surface area contributed by atoms with E-state index in [2.05, 4.69) is 22.0 Å². The average molecular weight is 273 g/mol. The lowest BCUT2D eigenvalue weighted by Gasteiger charge is -2.11. The van der Waals surface area contributed by atoms with Gasteiger partial charge in [0.1, 0.15) is 11.5 Å². The molecule has 0 unspecified atom stereocenters. The Hall–Kier alpha value is -0.700. The van der Waals surface area contributed by atoms with Gasteiger partial charge in [-0.25, -0.2) is 0 Å². The monoisotopic (exact) mass is 272 g/mol. The maximum absolute atomic E-state index is 5.55. The number of alkyl halides is 1. The van der Waals surface area contributed by atoms with Crippen LogP contribution in [0.3, 0.4) is 0 Å². The van der Waals surface area contributed by atoms with Gasteiger partial charge in [-0.3, -0.25) is 0 Å². The summed E-state index contributed by atoms with van der Waals surface area (Å²) in [6.07, 6.45) is 0.955. The van der Waals surface area contributed by atoms with Crippen molar-refractivity contribution in [1.29, 1.82) is 0 Å². The lowest BCUT2D eigenvalue weighted by atomic mass is 10.1. The van der Waals surface area contributed by atoms with Crippen LogP contribution >= 0.6 is 15.9 Å². The van der Waals surface area contributed by atoms with E-state index in [0.29, 0.717) is 13.2 Å². The summed E-state index contributed by atoms with van der Waals surface area (Å²) in [4.78, 5) is 0. The van der Waals surface area contributed by atoms with E-state index < -0.39 is 0 Å². The van der Waals surface area contributed by atoms with Gasteiger partial charge in [0.15, 0.2) is 0 Å². The van der Waals surface area contributed by atoms with Crippen LogP contribution < -0.4 is 9.47 Å². The van der Waals surface area contributed by atoms with Gasteiger partial charge in [0.2, 0.25) is 0 Å². The van der Waals surface area contributed by atoms with Crippen molar-refractivity contribution in [1.82, 2.24) is 0 Å². The maximum Gasteiger partial charge on any atom is 0.122 e. The van der Waals surface area contributed by atoms with Crippen molar-refractivity contribution in [2.45, 2.75) is 20.3 Å². The predicted molar refractivity (Wildman–Crippen MR) is 66.3 cm³/mol. The van der Waals surface area contributed by atoms with Crippen molar-refractivity contribution in [3.05, 3.63) is 23.8 Å². The third-order valence-corrected chi connectivity index (χ3v) is 2.40. The number of ether oxygens (including phenoxy) is 2. The summed E-state index contributed by atoms with van der Waals surface area (Å²) in [6.45, 7) is 5.37. The molecule has 0 spiro atoms. The summed E-state index contributed by atoms with van der Waals surface area (Å²) in [6, 6.07) is 5.98. The molecular formula is C12H17BrO2. The Bertz CT molecular complexity index is 300. The Morgan fingerprint density at radius 2 is 1.87 bits per heavy atom. The zero-order valence-electron chi connectivity index (χ0n) is 9.25. The molecule has 0 N–H and O–H groups in total. The molecular weight excluding hydrogens is 256 g/mol. The summed E-state index contributed by atoms with van der Waals surface area (Å²) >= 11 is 3.44. The van der Waals surface area contributed by atoms with Gasteiger partial charge in [-0.1, -0.05) is 15.9 Å². The molecule has 1 aromatic rings. The highest BCUT2D eigenvalue weighted by Crippen LogP contribution is 2.25. The number of benzene rings is 1. The van der Waals surface area contributed by atoms with Gasteiger partial charge in [-0.15, -0.1) is 0 Å². The smallest absolute Gasteiger partial charge is 0.122 e. The number of aryl methyl sites for hydroxylation is 1. The summed E-state index contributed by atoms with van der Waals surface area (Å²) in [5, 5.41) is 0.933. The molecule has 0 saturated heterocycles. The summed E-state index contributed by atoms with van der Waals surface area (Å²) < 4.78 is 11.0. The van der Waals surface area contributed by atoms with Gasteiger partial charge in [-0.2, -0.15) is 0 Å². The minimum atomic E-state index is 0.696. The highest BCUT2D eigenvalue weighted by Gasteiger charge is 2.04. The maximum atomic E-state index is 5.55. The van der Waals surface area contributed by atoms with E-state index in [9.17, 15) is 0 Å². The van der Waals surface area contributed by atoms with Crippen molar-refractivity contribution in [2.24, 2.45) is 0 Å². The second kappa shape index (κ2) is 6.72. The number of halogens is 1. The molecule has 0 amide bonds. The van der Waals surface area contributed by atoms with Crippen LogP contribution in [-0.2, 0) is 6.42 Å². The average Bonchev–Trinajstić information content (AvgIpc) is 2.23. The highest BCUT2D eigenvalue weighted by molar-refractivity contribution is 9.09. The van der Waals surface area contributed by atoms with Crippen molar-refractivity contribution >= 4 is 15.9 Å². The van der Waals surface area contributed by atoms with Crippen LogP contribution in [0.25, 0.3) is 0 Å². The lowest BCUT2D eigenvalue weighted by Crippen LogP contribution is -1.99. The standard InChI is InChI=1S/C12H17BrO2/c1-3-14-11-5-6-12(15-4-2)10(9-11)7-8-13/h5-6,9H,3-4,7-8H2,1-2H3. The molecule has 0 saturated carbocycles. The van der Waals surface area contributed by atoms with E-state index in [-0.39, 0.29) is 0 Å². The minimum Gasteiger partial charge on any atom is -0.494 e. The fourth-order valence-electron chi connectivity index (χ4n) is 1.41. The molecule has 0 aliphatic heterocycles. The summed E-state index contributed by atoms with van der Waals surface area (Å²) in [5.41, 5.74) is 1.19. The summed E-state index contributed by atoms with van der Waals surface area (Å²) in [7, 11) is 0. The van der Waals surface area contributed by atoms with Gasteiger partial charge >= 0.3 is 0 Å². The normalized spacial score (nSPS) is 10.1. The molecule has 0 radical (unpaired) electrons. The van der Waals surface area contributed by atoms with Crippen molar-refractivity contribution < 1.29 is 9.47 Å². The van der Waals surface area contributed by atoms with E-state index in [0.717, 1.165) is 23.2 Å². The van der Waals surface area contributed by atoms with Crippen LogP contribution in [0.4, 0.5) is 0 Å². The third kappa shape index (κ3) is 3.74. The second-order valence-corrected chi connectivity index (χ2v) is 3.87. The fraction of sp³-hybridized carbons (Fsp3) is 0.500. The van der Waals surface area contributed by atoms with Gasteiger partial charge in [0, 0.05) is 5.33 Å². The first kappa shape index (κ1) is 12.4. The van der Waals surface area contributed by atoms with E-state index in [4.69, 9.17) is 9.47 Å². The van der Waals surface area contributed by atoms with Crippen molar-refractivity contribution in [3.8, 4) is 11.5 Å². The molecule has 0 aliphatic rings. The van der Waals surface area contributed by atoms with Crippen LogP contribution in [0.5, 0.6) is 11.5 Å². The lowest BCUT2D eigenvalue weighted by molar-refractivity contribution is 0.328. The molecule has 0 heterocycles. The zero-order valence-corrected chi connectivity index (χ0v) is 10.8. The second-order valence-electron chi connectivity index (χ2n) is 3.07. The zero-order chi connectivity index (χ0) is 11.1. The molecule has 3 heteroatoms. The van der Waals surface area contributed by atoms with E-state index in [1.165, 1.54) is 5.56 Å². The molecule has 0 bridgehead atoms. The van der Waals surface area contributed by atoms with Gasteiger partial charge in [-0.05, 0) is 44.0 Å². The molecule has 0 aromatic heterocycles. The Balaban J connectivity index is 2.87. The SMILES string of the molecule is CCOc1ccc(OCC)c(CCBr)c1. The number of rotatable bonds is 6. The fourth-order valence-corrected chi connectivity index (χ4v) is 1.83. The van der Waals surface area contributed by atoms with E-state index in [1.807, 2.05) is 26.0 Å². The first-order valence-corrected chi connectivity index (χ1v) is 6.38. The molecule has 0 atom stereocenters. The van der Waals surface area contributed by atoms with Crippen LogP contribution in [0.15, 0.2) is 18.2 Å². The minimum absolute atomic E-state index is 0.696. The molecule has 15 heavy (non-hydrogen) atoms. The number of hydrogen-bond donors (Lipinski definition) is 0. The Labute approximate surface area is 99.7 Å². The predicted octanol–water partition coefficient (Wildman–Crippen LogP) is 3.42. The molecule has 1 rings (SSSR count). The van der Waals surface area contributed by atoms with Crippen LogP contribution in [0.2, 0.25) is 0 Å². The Morgan fingerprint density at radius 3 is 2.47 bits per heavy atom. The van der Waals surface area contributed by atoms with Crippen LogP contribution in [0.1, 0.15) is 19.4 Å². The van der Waals surface area contributed by atoms with E-state index in [1.54, 1.807) is 0 Å². The Morgan fingerprint density at radius 1 is 1.13 bits per heavy atom. The molecule has 0 aliphatic carbocycles. The van der Waals surface area contributed by atoms with E-state index >= 15 is 0 Å². The van der Waals surface area contributed by atoms with Gasteiger partial charge < -0.3 is 9.47 Å². The Kier molecular flexibility index (Phi) is 5.54. The van der Waals surface area contributed by atoms with Crippen molar-refractivity contribution in [2.75, 3.05) is 18.5 Å². The summed E-state index contributed by atoms with van der Waals surface area (Å²) in [5.74, 6) is 1.87. The van der Waals surface area contributed by atoms with Gasteiger partial charge in [0.05, 0.1) is 13.2 Å². The quantitative estimate of drug-likeness (QED) is 0.739. The molecule has 1 aromatic carbocycles. The molecule has 0 fully saturated rings.